The molecule has 2 aromatic carbocycles. The number of nitrogens with zero attached hydrogens (tertiary/aromatic N) is 2. The van der Waals surface area contributed by atoms with Crippen LogP contribution in [0, 0.1) is 16.7 Å². The number of rotatable bonds is 8. The summed E-state index contributed by atoms with van der Waals surface area (Å²) in [7, 11) is 2.76. The SMILES string of the molecule is COC(OC)c1cc(N/N=C(\C#N)C(=N)N)ccc1Oc1cccc(C(F)(F)F)c1. The number of benzene rings is 2. The van der Waals surface area contributed by atoms with Crippen LogP contribution in [0.1, 0.15) is 17.4 Å². The van der Waals surface area contributed by atoms with Crippen LogP contribution in [-0.4, -0.2) is 25.8 Å². The molecule has 11 heteroatoms. The summed E-state index contributed by atoms with van der Waals surface area (Å²) in [5.41, 5.74) is 7.35. The molecule has 0 saturated heterocycles. The van der Waals surface area contributed by atoms with Crippen LogP contribution in [0.2, 0.25) is 0 Å². The second-order valence-electron chi connectivity index (χ2n) is 5.78. The van der Waals surface area contributed by atoms with Crippen LogP contribution >= 0.6 is 0 Å². The van der Waals surface area contributed by atoms with Crippen LogP contribution < -0.4 is 15.9 Å². The number of hydrazone groups is 1. The summed E-state index contributed by atoms with van der Waals surface area (Å²) in [6.07, 6.45) is -5.41. The zero-order valence-corrected chi connectivity index (χ0v) is 15.9. The maximum Gasteiger partial charge on any atom is 0.416 e. The largest absolute Gasteiger partial charge is 0.457 e. The van der Waals surface area contributed by atoms with Gasteiger partial charge in [-0.05, 0) is 36.4 Å². The van der Waals surface area contributed by atoms with Crippen molar-refractivity contribution in [3.63, 3.8) is 0 Å². The highest BCUT2D eigenvalue weighted by Crippen LogP contribution is 2.36. The minimum atomic E-state index is -4.51. The normalized spacial score (nSPS) is 11.8. The van der Waals surface area contributed by atoms with Gasteiger partial charge in [-0.3, -0.25) is 10.8 Å². The molecule has 0 heterocycles. The number of anilines is 1. The molecule has 30 heavy (non-hydrogen) atoms. The molecule has 0 fully saturated rings. The van der Waals surface area contributed by atoms with Gasteiger partial charge < -0.3 is 19.9 Å². The summed E-state index contributed by atoms with van der Waals surface area (Å²) in [5.74, 6) is -0.356. The lowest BCUT2D eigenvalue weighted by Crippen LogP contribution is -2.21. The van der Waals surface area contributed by atoms with Gasteiger partial charge in [-0.25, -0.2) is 0 Å². The molecular weight excluding hydrogens is 403 g/mol. The van der Waals surface area contributed by atoms with Crippen molar-refractivity contribution >= 4 is 17.2 Å². The van der Waals surface area contributed by atoms with Crippen molar-refractivity contribution in [3.8, 4) is 17.6 Å². The van der Waals surface area contributed by atoms with Crippen molar-refractivity contribution in [2.75, 3.05) is 19.6 Å². The van der Waals surface area contributed by atoms with Crippen LogP contribution in [0.25, 0.3) is 0 Å². The van der Waals surface area contributed by atoms with Gasteiger partial charge in [0, 0.05) is 14.2 Å². The minimum Gasteiger partial charge on any atom is -0.457 e. The second-order valence-corrected chi connectivity index (χ2v) is 5.78. The standard InChI is InChI=1S/C19H18F3N5O3/c1-28-18(29-2)14-9-12(26-27-15(10-23)17(24)25)6-7-16(14)30-13-5-3-4-11(8-13)19(20,21)22/h3-9,18,26H,1-2H3,(H3,24,25)/b27-15+. The quantitative estimate of drug-likeness (QED) is 0.256. The Morgan fingerprint density at radius 1 is 1.20 bits per heavy atom. The predicted molar refractivity (Wildman–Crippen MR) is 103 cm³/mol. The van der Waals surface area contributed by atoms with E-state index in [9.17, 15) is 13.2 Å². The number of nitrogens with one attached hydrogen (secondary N) is 2. The van der Waals surface area contributed by atoms with Crippen molar-refractivity contribution in [3.05, 3.63) is 53.6 Å². The van der Waals surface area contributed by atoms with Gasteiger partial charge in [-0.2, -0.15) is 23.5 Å². The van der Waals surface area contributed by atoms with Crippen molar-refractivity contribution in [2.24, 2.45) is 10.8 Å². The predicted octanol–water partition coefficient (Wildman–Crippen LogP) is 4.02. The summed E-state index contributed by atoms with van der Waals surface area (Å²) in [4.78, 5) is 0. The van der Waals surface area contributed by atoms with Gasteiger partial charge >= 0.3 is 6.18 Å². The van der Waals surface area contributed by atoms with Crippen molar-refractivity contribution < 1.29 is 27.4 Å². The van der Waals surface area contributed by atoms with Crippen LogP contribution in [-0.2, 0) is 15.7 Å². The number of hydrogen-bond donors (Lipinski definition) is 3. The number of hydrogen-bond acceptors (Lipinski definition) is 7. The summed E-state index contributed by atoms with van der Waals surface area (Å²) in [6, 6.07) is 10.6. The molecule has 2 aromatic rings. The molecule has 0 aliphatic carbocycles. The number of methoxy groups -OCH3 is 2. The average Bonchev–Trinajstić information content (AvgIpc) is 2.70. The van der Waals surface area contributed by atoms with E-state index in [-0.39, 0.29) is 17.2 Å². The van der Waals surface area contributed by atoms with Crippen LogP contribution in [0.4, 0.5) is 18.9 Å². The molecule has 0 atom stereocenters. The Labute approximate surface area is 170 Å². The molecule has 158 valence electrons. The summed E-state index contributed by atoms with van der Waals surface area (Å²) >= 11 is 0. The number of nitrogens with two attached hydrogens (primary N) is 1. The third-order valence-electron chi connectivity index (χ3n) is 3.74. The first kappa shape index (κ1) is 22.7. The van der Waals surface area contributed by atoms with E-state index in [4.69, 9.17) is 30.6 Å². The van der Waals surface area contributed by atoms with E-state index in [0.29, 0.717) is 11.3 Å². The molecule has 0 bridgehead atoms. The summed E-state index contributed by atoms with van der Waals surface area (Å²) in [5, 5.41) is 19.9. The Morgan fingerprint density at radius 2 is 1.90 bits per heavy atom. The highest BCUT2D eigenvalue weighted by Gasteiger charge is 2.30. The van der Waals surface area contributed by atoms with Gasteiger partial charge in [0.05, 0.1) is 16.8 Å². The third kappa shape index (κ3) is 5.69. The van der Waals surface area contributed by atoms with E-state index in [0.717, 1.165) is 12.1 Å². The van der Waals surface area contributed by atoms with E-state index >= 15 is 0 Å². The van der Waals surface area contributed by atoms with Gasteiger partial charge in [-0.1, -0.05) is 6.07 Å². The molecule has 0 aromatic heterocycles. The smallest absolute Gasteiger partial charge is 0.416 e. The average molecular weight is 421 g/mol. The Balaban J connectivity index is 2.40. The number of alkyl halides is 3. The first-order valence-electron chi connectivity index (χ1n) is 8.32. The van der Waals surface area contributed by atoms with Crippen molar-refractivity contribution in [2.45, 2.75) is 12.5 Å². The van der Waals surface area contributed by atoms with Crippen LogP contribution in [0.15, 0.2) is 47.6 Å². The maximum atomic E-state index is 12.9. The Hall–Kier alpha value is -3.62. The molecule has 0 saturated carbocycles. The van der Waals surface area contributed by atoms with Crippen molar-refractivity contribution in [1.82, 2.24) is 0 Å². The number of nitriles is 1. The van der Waals surface area contributed by atoms with Gasteiger partial charge in [-0.15, -0.1) is 0 Å². The molecule has 0 aliphatic heterocycles. The van der Waals surface area contributed by atoms with E-state index in [2.05, 4.69) is 10.5 Å². The lowest BCUT2D eigenvalue weighted by molar-refractivity contribution is -0.137. The number of ether oxygens (including phenoxy) is 3. The molecule has 8 nitrogen and oxygen atoms in total. The van der Waals surface area contributed by atoms with E-state index in [1.165, 1.54) is 44.6 Å². The summed E-state index contributed by atoms with van der Waals surface area (Å²) < 4.78 is 54.9. The zero-order chi connectivity index (χ0) is 22.3. The zero-order valence-electron chi connectivity index (χ0n) is 15.9. The van der Waals surface area contributed by atoms with Gasteiger partial charge in [0.25, 0.3) is 0 Å². The van der Waals surface area contributed by atoms with E-state index < -0.39 is 23.9 Å². The van der Waals surface area contributed by atoms with Gasteiger partial charge in [0.2, 0.25) is 5.71 Å². The minimum absolute atomic E-state index is 0.0286. The maximum absolute atomic E-state index is 12.9. The fourth-order valence-electron chi connectivity index (χ4n) is 2.37. The Kier molecular flexibility index (Phi) is 7.35. The van der Waals surface area contributed by atoms with Crippen LogP contribution in [0.5, 0.6) is 11.5 Å². The molecule has 0 amide bonds. The molecule has 2 rings (SSSR count). The molecule has 0 radical (unpaired) electrons. The summed E-state index contributed by atoms with van der Waals surface area (Å²) in [6.45, 7) is 0. The molecule has 0 aliphatic rings. The molecule has 0 spiro atoms. The fourth-order valence-corrected chi connectivity index (χ4v) is 2.37. The third-order valence-corrected chi connectivity index (χ3v) is 3.74. The van der Waals surface area contributed by atoms with Crippen molar-refractivity contribution in [1.29, 1.82) is 10.7 Å². The first-order valence-corrected chi connectivity index (χ1v) is 8.32. The fraction of sp³-hybridized carbons (Fsp3) is 0.211. The van der Waals surface area contributed by atoms with Crippen LogP contribution in [0.3, 0.4) is 0 Å². The second kappa shape index (κ2) is 9.73. The van der Waals surface area contributed by atoms with E-state index in [1.807, 2.05) is 0 Å². The lowest BCUT2D eigenvalue weighted by atomic mass is 10.1. The molecule has 0 unspecified atom stereocenters. The monoisotopic (exact) mass is 421 g/mol. The lowest BCUT2D eigenvalue weighted by Gasteiger charge is -2.19. The highest BCUT2D eigenvalue weighted by molar-refractivity contribution is 6.45. The van der Waals surface area contributed by atoms with E-state index in [1.54, 1.807) is 6.07 Å². The molecular formula is C19H18F3N5O3. The Morgan fingerprint density at radius 3 is 2.47 bits per heavy atom. The number of halogens is 3. The first-order chi connectivity index (χ1) is 14.2. The van der Waals surface area contributed by atoms with Gasteiger partial charge in [0.15, 0.2) is 12.1 Å². The highest BCUT2D eigenvalue weighted by atomic mass is 19.4. The number of amidine groups is 1. The topological polar surface area (TPSA) is 126 Å². The molecule has 4 N–H and O–H groups in total. The Bertz CT molecular complexity index is 982. The van der Waals surface area contributed by atoms with Gasteiger partial charge in [0.1, 0.15) is 17.6 Å².